The lowest BCUT2D eigenvalue weighted by molar-refractivity contribution is 0.0695. The second-order valence-corrected chi connectivity index (χ2v) is 6.14. The van der Waals surface area contributed by atoms with Gasteiger partial charge in [0.25, 0.3) is 0 Å². The molecule has 0 unspecified atom stereocenters. The molecule has 0 aliphatic carbocycles. The summed E-state index contributed by atoms with van der Waals surface area (Å²) in [5.41, 5.74) is 5.49. The molecular weight excluding hydrogens is 320 g/mol. The van der Waals surface area contributed by atoms with Crippen molar-refractivity contribution in [2.24, 2.45) is 5.14 Å². The normalized spacial score (nSPS) is 11.5. The van der Waals surface area contributed by atoms with Crippen molar-refractivity contribution in [1.82, 2.24) is 0 Å². The quantitative estimate of drug-likeness (QED) is 0.725. The number of sulfonamides is 1. The molecule has 0 saturated carbocycles. The van der Waals surface area contributed by atoms with Crippen molar-refractivity contribution in [2.45, 2.75) is 11.3 Å². The number of anilines is 1. The number of carboxylic acid groups (broad SMARTS) is 1. The molecule has 0 atom stereocenters. The van der Waals surface area contributed by atoms with Gasteiger partial charge < -0.3 is 15.3 Å². The zero-order chi connectivity index (χ0) is 15.8. The van der Waals surface area contributed by atoms with E-state index >= 15 is 0 Å². The summed E-state index contributed by atoms with van der Waals surface area (Å²) in [5.74, 6) is -0.881. The van der Waals surface area contributed by atoms with Gasteiger partial charge in [-0.05, 0) is 23.8 Å². The summed E-state index contributed by atoms with van der Waals surface area (Å²) in [6, 6.07) is 4.16. The number of carbonyl (C=O) groups is 1. The van der Waals surface area contributed by atoms with Crippen molar-refractivity contribution in [3.05, 3.63) is 46.4 Å². The average molecular weight is 331 g/mol. The van der Waals surface area contributed by atoms with Crippen LogP contribution in [0.2, 0.25) is 5.02 Å². The number of carboxylic acids is 1. The first-order valence-electron chi connectivity index (χ1n) is 5.61. The second-order valence-electron chi connectivity index (χ2n) is 4.23. The number of aromatic carboxylic acids is 1. The van der Waals surface area contributed by atoms with E-state index in [1.165, 1.54) is 6.26 Å². The highest BCUT2D eigenvalue weighted by molar-refractivity contribution is 7.89. The van der Waals surface area contributed by atoms with Crippen LogP contribution in [0.3, 0.4) is 0 Å². The van der Waals surface area contributed by atoms with Gasteiger partial charge >= 0.3 is 5.97 Å². The molecule has 0 aliphatic rings. The number of benzene rings is 1. The SMILES string of the molecule is Nc1c(Cl)c(S(N)(=O)=O)cc(C(=O)O)c1Cc1ccco1. The Morgan fingerprint density at radius 1 is 1.43 bits per heavy atom. The fraction of sp³-hybridized carbons (Fsp3) is 0.0833. The summed E-state index contributed by atoms with van der Waals surface area (Å²) in [4.78, 5) is 10.8. The van der Waals surface area contributed by atoms with Crippen molar-refractivity contribution >= 4 is 33.3 Å². The van der Waals surface area contributed by atoms with E-state index in [1.54, 1.807) is 12.1 Å². The monoisotopic (exact) mass is 330 g/mol. The summed E-state index contributed by atoms with van der Waals surface area (Å²) >= 11 is 5.89. The molecule has 21 heavy (non-hydrogen) atoms. The Morgan fingerprint density at radius 2 is 2.10 bits per heavy atom. The van der Waals surface area contributed by atoms with Gasteiger partial charge in [-0.25, -0.2) is 18.4 Å². The fourth-order valence-corrected chi connectivity index (χ4v) is 3.00. The van der Waals surface area contributed by atoms with E-state index < -0.39 is 20.9 Å². The zero-order valence-electron chi connectivity index (χ0n) is 10.5. The Hall–Kier alpha value is -2.03. The molecule has 1 heterocycles. The van der Waals surface area contributed by atoms with Gasteiger partial charge in [-0.3, -0.25) is 0 Å². The van der Waals surface area contributed by atoms with Crippen LogP contribution in [0.1, 0.15) is 21.7 Å². The first-order valence-corrected chi connectivity index (χ1v) is 7.53. The zero-order valence-corrected chi connectivity index (χ0v) is 12.1. The summed E-state index contributed by atoms with van der Waals surface area (Å²) < 4.78 is 28.0. The molecule has 9 heteroatoms. The first-order chi connectivity index (χ1) is 9.71. The minimum absolute atomic E-state index is 0.0606. The molecular formula is C12H11ClN2O5S. The van der Waals surface area contributed by atoms with Gasteiger partial charge in [-0.2, -0.15) is 0 Å². The summed E-state index contributed by atoms with van der Waals surface area (Å²) in [6.45, 7) is 0. The van der Waals surface area contributed by atoms with Gasteiger partial charge in [-0.1, -0.05) is 11.6 Å². The maximum atomic E-state index is 11.4. The summed E-state index contributed by atoms with van der Waals surface area (Å²) in [5, 5.41) is 13.9. The molecule has 1 aromatic heterocycles. The van der Waals surface area contributed by atoms with Crippen LogP contribution in [-0.2, 0) is 16.4 Å². The number of hydrogen-bond acceptors (Lipinski definition) is 5. The third kappa shape index (κ3) is 3.02. The largest absolute Gasteiger partial charge is 0.478 e. The van der Waals surface area contributed by atoms with E-state index in [9.17, 15) is 18.3 Å². The Kier molecular flexibility index (Phi) is 3.95. The van der Waals surface area contributed by atoms with E-state index in [2.05, 4.69) is 0 Å². The maximum Gasteiger partial charge on any atom is 0.336 e. The number of primary sulfonamides is 1. The Labute approximate surface area is 125 Å². The van der Waals surface area contributed by atoms with Gasteiger partial charge in [0, 0.05) is 6.42 Å². The van der Waals surface area contributed by atoms with Crippen LogP contribution in [0, 0.1) is 0 Å². The molecule has 7 nitrogen and oxygen atoms in total. The average Bonchev–Trinajstić information content (AvgIpc) is 2.86. The van der Waals surface area contributed by atoms with E-state index in [0.717, 1.165) is 6.07 Å². The van der Waals surface area contributed by atoms with Crippen LogP contribution in [0.4, 0.5) is 5.69 Å². The third-order valence-corrected chi connectivity index (χ3v) is 4.30. The lowest BCUT2D eigenvalue weighted by Gasteiger charge is -2.13. The van der Waals surface area contributed by atoms with Crippen LogP contribution in [0.15, 0.2) is 33.8 Å². The van der Waals surface area contributed by atoms with Crippen molar-refractivity contribution in [2.75, 3.05) is 5.73 Å². The van der Waals surface area contributed by atoms with E-state index in [1.807, 2.05) is 0 Å². The standard InChI is InChI=1S/C12H11ClN2O5S/c13-10-9(21(15,18)19)5-8(12(16)17)7(11(10)14)4-6-2-1-3-20-6/h1-3,5H,4,14H2,(H,16,17)(H2,15,18,19). The molecule has 2 aromatic rings. The second kappa shape index (κ2) is 5.40. The van der Waals surface area contributed by atoms with Gasteiger partial charge in [-0.15, -0.1) is 0 Å². The molecule has 2 rings (SSSR count). The van der Waals surface area contributed by atoms with E-state index in [-0.39, 0.29) is 28.3 Å². The number of nitrogens with two attached hydrogens (primary N) is 2. The highest BCUT2D eigenvalue weighted by atomic mass is 35.5. The minimum Gasteiger partial charge on any atom is -0.478 e. The number of hydrogen-bond donors (Lipinski definition) is 3. The van der Waals surface area contributed by atoms with Crippen LogP contribution < -0.4 is 10.9 Å². The first kappa shape index (κ1) is 15.4. The molecule has 0 amide bonds. The predicted molar refractivity (Wildman–Crippen MR) is 75.7 cm³/mol. The maximum absolute atomic E-state index is 11.4. The lowest BCUT2D eigenvalue weighted by Crippen LogP contribution is -2.16. The van der Waals surface area contributed by atoms with Gasteiger partial charge in [0.05, 0.1) is 22.5 Å². The summed E-state index contributed by atoms with van der Waals surface area (Å²) in [6.07, 6.45) is 1.48. The lowest BCUT2D eigenvalue weighted by atomic mass is 10.0. The fourth-order valence-electron chi connectivity index (χ4n) is 1.87. The van der Waals surface area contributed by atoms with E-state index in [0.29, 0.717) is 5.76 Å². The highest BCUT2D eigenvalue weighted by Gasteiger charge is 2.24. The number of halogens is 1. The van der Waals surface area contributed by atoms with Crippen molar-refractivity contribution in [1.29, 1.82) is 0 Å². The molecule has 1 aromatic carbocycles. The molecule has 5 N–H and O–H groups in total. The minimum atomic E-state index is -4.19. The predicted octanol–water partition coefficient (Wildman–Crippen LogP) is 1.45. The third-order valence-electron chi connectivity index (χ3n) is 2.85. The molecule has 0 fully saturated rings. The Bertz CT molecular complexity index is 800. The molecule has 112 valence electrons. The molecule has 0 bridgehead atoms. The smallest absolute Gasteiger partial charge is 0.336 e. The van der Waals surface area contributed by atoms with Crippen LogP contribution in [0.5, 0.6) is 0 Å². The van der Waals surface area contributed by atoms with Crippen molar-refractivity contribution in [3.8, 4) is 0 Å². The van der Waals surface area contributed by atoms with Gasteiger partial charge in [0.15, 0.2) is 0 Å². The van der Waals surface area contributed by atoms with E-state index in [4.69, 9.17) is 26.9 Å². The number of nitrogen functional groups attached to an aromatic ring is 1. The Balaban J connectivity index is 2.70. The molecule has 0 spiro atoms. The summed E-state index contributed by atoms with van der Waals surface area (Å²) in [7, 11) is -4.19. The van der Waals surface area contributed by atoms with Crippen molar-refractivity contribution < 1.29 is 22.7 Å². The number of rotatable bonds is 4. The highest BCUT2D eigenvalue weighted by Crippen LogP contribution is 2.34. The van der Waals surface area contributed by atoms with Crippen molar-refractivity contribution in [3.63, 3.8) is 0 Å². The van der Waals surface area contributed by atoms with Gasteiger partial charge in [0.1, 0.15) is 10.7 Å². The molecule has 0 radical (unpaired) electrons. The van der Waals surface area contributed by atoms with Crippen LogP contribution in [0.25, 0.3) is 0 Å². The van der Waals surface area contributed by atoms with Gasteiger partial charge in [0.2, 0.25) is 10.0 Å². The van der Waals surface area contributed by atoms with Crippen LogP contribution >= 0.6 is 11.6 Å². The molecule has 0 saturated heterocycles. The number of furan rings is 1. The Morgan fingerprint density at radius 3 is 2.57 bits per heavy atom. The van der Waals surface area contributed by atoms with Crippen LogP contribution in [-0.4, -0.2) is 19.5 Å². The molecule has 0 aliphatic heterocycles. The topological polar surface area (TPSA) is 137 Å².